The van der Waals surface area contributed by atoms with E-state index < -0.39 is 5.97 Å². The summed E-state index contributed by atoms with van der Waals surface area (Å²) in [4.78, 5) is 30.3. The molecule has 0 bridgehead atoms. The van der Waals surface area contributed by atoms with Gasteiger partial charge in [-0.05, 0) is 13.8 Å². The Morgan fingerprint density at radius 1 is 1.44 bits per heavy atom. The molecular formula is C9H10N4O3. The normalized spacial score (nSPS) is 10.9. The van der Waals surface area contributed by atoms with Crippen molar-refractivity contribution in [3.63, 3.8) is 0 Å². The van der Waals surface area contributed by atoms with E-state index >= 15 is 0 Å². The summed E-state index contributed by atoms with van der Waals surface area (Å²) in [6, 6.07) is 0. The third kappa shape index (κ3) is 1.56. The third-order valence-electron chi connectivity index (χ3n) is 2.33. The fraction of sp³-hybridized carbons (Fsp3) is 0.333. The SMILES string of the molecule is Cc1nc2nc(CC(=O)O)[nH]n2c(=O)c1C. The average molecular weight is 222 g/mol. The van der Waals surface area contributed by atoms with Crippen LogP contribution in [0.1, 0.15) is 17.1 Å². The molecule has 2 heterocycles. The Bertz CT molecular complexity index is 625. The summed E-state index contributed by atoms with van der Waals surface area (Å²) in [6.07, 6.45) is -0.263. The Kier molecular flexibility index (Phi) is 2.22. The second kappa shape index (κ2) is 3.44. The van der Waals surface area contributed by atoms with Gasteiger partial charge in [0.2, 0.25) is 0 Å². The van der Waals surface area contributed by atoms with Crippen molar-refractivity contribution in [3.8, 4) is 0 Å². The van der Waals surface area contributed by atoms with Crippen LogP contribution in [0, 0.1) is 13.8 Å². The summed E-state index contributed by atoms with van der Waals surface area (Å²) in [6.45, 7) is 3.37. The first-order valence-corrected chi connectivity index (χ1v) is 4.65. The highest BCUT2D eigenvalue weighted by molar-refractivity contribution is 5.69. The van der Waals surface area contributed by atoms with Crippen molar-refractivity contribution >= 4 is 11.7 Å². The van der Waals surface area contributed by atoms with Crippen LogP contribution in [0.5, 0.6) is 0 Å². The minimum atomic E-state index is -1.01. The zero-order valence-electron chi connectivity index (χ0n) is 8.81. The van der Waals surface area contributed by atoms with Gasteiger partial charge in [-0.3, -0.25) is 14.7 Å². The molecule has 0 aliphatic heterocycles. The summed E-state index contributed by atoms with van der Waals surface area (Å²) in [5.41, 5.74) is 0.855. The monoisotopic (exact) mass is 222 g/mol. The number of carboxylic acid groups (broad SMARTS) is 1. The van der Waals surface area contributed by atoms with Gasteiger partial charge < -0.3 is 5.11 Å². The van der Waals surface area contributed by atoms with Gasteiger partial charge in [-0.1, -0.05) is 0 Å². The minimum absolute atomic E-state index is 0.198. The molecule has 2 rings (SSSR count). The molecule has 0 radical (unpaired) electrons. The molecule has 7 nitrogen and oxygen atoms in total. The van der Waals surface area contributed by atoms with Gasteiger partial charge in [0, 0.05) is 11.3 Å². The zero-order valence-corrected chi connectivity index (χ0v) is 8.81. The number of aliphatic carboxylic acids is 1. The number of rotatable bonds is 2. The summed E-state index contributed by atoms with van der Waals surface area (Å²) in [5.74, 6) is -0.605. The molecule has 0 aromatic carbocycles. The quantitative estimate of drug-likeness (QED) is 0.724. The lowest BCUT2D eigenvalue weighted by atomic mass is 10.3. The second-order valence-corrected chi connectivity index (χ2v) is 3.50. The Labute approximate surface area is 89.8 Å². The summed E-state index contributed by atoms with van der Waals surface area (Å²) in [7, 11) is 0. The number of carbonyl (C=O) groups is 1. The molecule has 0 aliphatic carbocycles. The molecule has 0 amide bonds. The summed E-state index contributed by atoms with van der Waals surface area (Å²) >= 11 is 0. The number of H-pyrrole nitrogens is 1. The van der Waals surface area contributed by atoms with Crippen molar-refractivity contribution in [1.29, 1.82) is 0 Å². The van der Waals surface area contributed by atoms with Crippen LogP contribution in [0.25, 0.3) is 5.78 Å². The number of nitrogens with one attached hydrogen (secondary N) is 1. The summed E-state index contributed by atoms with van der Waals surface area (Å²) < 4.78 is 1.15. The van der Waals surface area contributed by atoms with Crippen LogP contribution >= 0.6 is 0 Å². The third-order valence-corrected chi connectivity index (χ3v) is 2.33. The topological polar surface area (TPSA) is 100 Å². The lowest BCUT2D eigenvalue weighted by molar-refractivity contribution is -0.136. The van der Waals surface area contributed by atoms with Crippen LogP contribution in [0.4, 0.5) is 0 Å². The number of aryl methyl sites for hydroxylation is 1. The number of nitrogens with zero attached hydrogens (tertiary/aromatic N) is 3. The standard InChI is InChI=1S/C9H10N4O3/c1-4-5(2)10-9-11-6(3-7(14)15)12-13(9)8(4)16/h3H2,1-2H3,(H,14,15)(H,10,11,12). The number of hydrogen-bond acceptors (Lipinski definition) is 4. The molecule has 0 saturated carbocycles. The lowest BCUT2D eigenvalue weighted by Gasteiger charge is -1.96. The molecule has 2 aromatic heterocycles. The van der Waals surface area contributed by atoms with Crippen molar-refractivity contribution in [3.05, 3.63) is 27.4 Å². The van der Waals surface area contributed by atoms with Crippen molar-refractivity contribution in [2.75, 3.05) is 0 Å². The highest BCUT2D eigenvalue weighted by Crippen LogP contribution is 2.01. The maximum Gasteiger partial charge on any atom is 0.311 e. The van der Waals surface area contributed by atoms with E-state index in [-0.39, 0.29) is 23.6 Å². The highest BCUT2D eigenvalue weighted by Gasteiger charge is 2.11. The van der Waals surface area contributed by atoms with E-state index in [1.807, 2.05) is 0 Å². The fourth-order valence-electron chi connectivity index (χ4n) is 1.37. The molecule has 2 N–H and O–H groups in total. The van der Waals surface area contributed by atoms with E-state index in [0.717, 1.165) is 4.52 Å². The maximum absolute atomic E-state index is 11.8. The maximum atomic E-state index is 11.8. The molecule has 0 fully saturated rings. The molecule has 0 spiro atoms. The van der Waals surface area contributed by atoms with E-state index in [9.17, 15) is 9.59 Å². The molecule has 0 aliphatic rings. The van der Waals surface area contributed by atoms with Gasteiger partial charge in [0.15, 0.2) is 0 Å². The predicted molar refractivity (Wildman–Crippen MR) is 54.4 cm³/mol. The number of carboxylic acids is 1. The smallest absolute Gasteiger partial charge is 0.311 e. The minimum Gasteiger partial charge on any atom is -0.481 e. The van der Waals surface area contributed by atoms with E-state index in [0.29, 0.717) is 11.3 Å². The highest BCUT2D eigenvalue weighted by atomic mass is 16.4. The van der Waals surface area contributed by atoms with Crippen LogP contribution in [0.3, 0.4) is 0 Å². The van der Waals surface area contributed by atoms with Crippen LogP contribution in [0.15, 0.2) is 4.79 Å². The largest absolute Gasteiger partial charge is 0.481 e. The Balaban J connectivity index is 2.67. The van der Waals surface area contributed by atoms with Crippen LogP contribution in [-0.4, -0.2) is 30.7 Å². The molecule has 7 heteroatoms. The van der Waals surface area contributed by atoms with Crippen LogP contribution < -0.4 is 5.56 Å². The van der Waals surface area contributed by atoms with Crippen molar-refractivity contribution in [2.45, 2.75) is 20.3 Å². The van der Waals surface area contributed by atoms with E-state index in [2.05, 4.69) is 15.1 Å². The van der Waals surface area contributed by atoms with Crippen LogP contribution in [-0.2, 0) is 11.2 Å². The summed E-state index contributed by atoms with van der Waals surface area (Å²) in [5, 5.41) is 11.2. The van der Waals surface area contributed by atoms with Gasteiger partial charge in [0.05, 0.1) is 0 Å². The number of fused-ring (bicyclic) bond motifs is 1. The molecular weight excluding hydrogens is 212 g/mol. The first kappa shape index (κ1) is 10.3. The number of aromatic nitrogens is 4. The zero-order chi connectivity index (χ0) is 11.9. The van der Waals surface area contributed by atoms with E-state index in [1.54, 1.807) is 13.8 Å². The second-order valence-electron chi connectivity index (χ2n) is 3.50. The van der Waals surface area contributed by atoms with Crippen molar-refractivity contribution in [1.82, 2.24) is 19.6 Å². The first-order chi connectivity index (χ1) is 7.49. The molecule has 0 unspecified atom stereocenters. The van der Waals surface area contributed by atoms with Gasteiger partial charge in [0.25, 0.3) is 11.3 Å². The van der Waals surface area contributed by atoms with Gasteiger partial charge in [-0.25, -0.2) is 4.98 Å². The fourth-order valence-corrected chi connectivity index (χ4v) is 1.37. The molecule has 2 aromatic rings. The molecule has 16 heavy (non-hydrogen) atoms. The van der Waals surface area contributed by atoms with E-state index in [4.69, 9.17) is 5.11 Å². The Morgan fingerprint density at radius 3 is 2.75 bits per heavy atom. The van der Waals surface area contributed by atoms with Crippen molar-refractivity contribution < 1.29 is 9.90 Å². The van der Waals surface area contributed by atoms with Gasteiger partial charge >= 0.3 is 5.97 Å². The molecule has 0 saturated heterocycles. The number of aromatic amines is 1. The van der Waals surface area contributed by atoms with Crippen LogP contribution in [0.2, 0.25) is 0 Å². The van der Waals surface area contributed by atoms with E-state index in [1.165, 1.54) is 0 Å². The van der Waals surface area contributed by atoms with Crippen molar-refractivity contribution in [2.24, 2.45) is 0 Å². The first-order valence-electron chi connectivity index (χ1n) is 4.65. The molecule has 84 valence electrons. The predicted octanol–water partition coefficient (Wildman–Crippen LogP) is -0.338. The van der Waals surface area contributed by atoms with Gasteiger partial charge in [0.1, 0.15) is 12.2 Å². The average Bonchev–Trinajstić information content (AvgIpc) is 2.56. The van der Waals surface area contributed by atoms with Gasteiger partial charge in [-0.15, -0.1) is 0 Å². The lowest BCUT2D eigenvalue weighted by Crippen LogP contribution is -2.19. The van der Waals surface area contributed by atoms with Gasteiger partial charge in [-0.2, -0.15) is 9.50 Å². The number of hydrogen-bond donors (Lipinski definition) is 2. The molecule has 0 atom stereocenters. The Morgan fingerprint density at radius 2 is 2.12 bits per heavy atom. The Hall–Kier alpha value is -2.18.